The van der Waals surface area contributed by atoms with Crippen molar-refractivity contribution in [2.45, 2.75) is 26.1 Å². The lowest BCUT2D eigenvalue weighted by Gasteiger charge is -2.29. The molecule has 0 bridgehead atoms. The van der Waals surface area contributed by atoms with Crippen LogP contribution in [-0.2, 0) is 19.1 Å². The molecule has 3 rings (SSSR count). The molecule has 0 radical (unpaired) electrons. The van der Waals surface area contributed by atoms with Crippen LogP contribution >= 0.6 is 0 Å². The van der Waals surface area contributed by atoms with E-state index in [1.165, 1.54) is 5.56 Å². The molecule has 23 heavy (non-hydrogen) atoms. The van der Waals surface area contributed by atoms with Gasteiger partial charge in [-0.05, 0) is 36.2 Å². The van der Waals surface area contributed by atoms with Gasteiger partial charge in [0.2, 0.25) is 5.95 Å². The van der Waals surface area contributed by atoms with Gasteiger partial charge in [0.25, 0.3) is 0 Å². The van der Waals surface area contributed by atoms with Gasteiger partial charge in [-0.25, -0.2) is 9.97 Å². The lowest BCUT2D eigenvalue weighted by Crippen LogP contribution is -2.30. The molecule has 4 nitrogen and oxygen atoms in total. The van der Waals surface area contributed by atoms with Crippen molar-refractivity contribution in [3.8, 4) is 0 Å². The quantitative estimate of drug-likeness (QED) is 0.937. The molecule has 1 aromatic heterocycles. The number of nitrogens with one attached hydrogen (secondary N) is 1. The molecule has 0 spiro atoms. The third-order valence-corrected chi connectivity index (χ3v) is 3.98. The van der Waals surface area contributed by atoms with E-state index in [0.29, 0.717) is 0 Å². The second-order valence-corrected chi connectivity index (χ2v) is 5.45. The van der Waals surface area contributed by atoms with Crippen molar-refractivity contribution in [1.29, 1.82) is 0 Å². The van der Waals surface area contributed by atoms with Gasteiger partial charge in [-0.3, -0.25) is 4.90 Å². The normalized spacial score (nSPS) is 15.3. The highest BCUT2D eigenvalue weighted by Gasteiger charge is 2.32. The highest BCUT2D eigenvalue weighted by Crippen LogP contribution is 2.30. The van der Waals surface area contributed by atoms with Crippen molar-refractivity contribution in [1.82, 2.24) is 14.9 Å². The number of fused-ring (bicyclic) bond motifs is 1. The standard InChI is InChI=1S/C16H17F3N4/c1-2-23-9-7-12-11(10-23)4-3-5-13(12)21-15-20-8-6-14(22-15)16(17,18)19/h3-6,8H,2,7,9-10H2,1H3,(H,20,21,22). The summed E-state index contributed by atoms with van der Waals surface area (Å²) < 4.78 is 38.2. The lowest BCUT2D eigenvalue weighted by molar-refractivity contribution is -0.141. The number of rotatable bonds is 3. The van der Waals surface area contributed by atoms with E-state index in [-0.39, 0.29) is 5.95 Å². The second kappa shape index (κ2) is 6.16. The maximum absolute atomic E-state index is 12.7. The van der Waals surface area contributed by atoms with E-state index in [1.807, 2.05) is 12.1 Å². The van der Waals surface area contributed by atoms with Crippen molar-refractivity contribution in [2.75, 3.05) is 18.4 Å². The van der Waals surface area contributed by atoms with Crippen molar-refractivity contribution in [3.63, 3.8) is 0 Å². The predicted molar refractivity (Wildman–Crippen MR) is 81.4 cm³/mol. The highest BCUT2D eigenvalue weighted by atomic mass is 19.4. The zero-order chi connectivity index (χ0) is 16.4. The number of benzene rings is 1. The minimum Gasteiger partial charge on any atom is -0.324 e. The van der Waals surface area contributed by atoms with Crippen LogP contribution in [0.3, 0.4) is 0 Å². The largest absolute Gasteiger partial charge is 0.433 e. The fourth-order valence-corrected chi connectivity index (χ4v) is 2.75. The van der Waals surface area contributed by atoms with Gasteiger partial charge in [-0.2, -0.15) is 13.2 Å². The Morgan fingerprint density at radius 3 is 2.83 bits per heavy atom. The number of aromatic nitrogens is 2. The molecule has 1 aliphatic rings. The van der Waals surface area contributed by atoms with Crippen molar-refractivity contribution >= 4 is 11.6 Å². The van der Waals surface area contributed by atoms with Gasteiger partial charge in [0.05, 0.1) is 0 Å². The first-order valence-corrected chi connectivity index (χ1v) is 7.47. The zero-order valence-corrected chi connectivity index (χ0v) is 12.7. The van der Waals surface area contributed by atoms with E-state index in [9.17, 15) is 13.2 Å². The molecule has 7 heteroatoms. The molecule has 1 aromatic carbocycles. The fourth-order valence-electron chi connectivity index (χ4n) is 2.75. The summed E-state index contributed by atoms with van der Waals surface area (Å²) in [5.74, 6) is -0.0360. The number of nitrogens with zero attached hydrogens (tertiary/aromatic N) is 3. The molecule has 1 aliphatic heterocycles. The first-order valence-electron chi connectivity index (χ1n) is 7.47. The summed E-state index contributed by atoms with van der Waals surface area (Å²) in [5, 5.41) is 2.94. The molecule has 2 aromatic rings. The van der Waals surface area contributed by atoms with Crippen LogP contribution < -0.4 is 5.32 Å². The summed E-state index contributed by atoms with van der Waals surface area (Å²) in [6, 6.07) is 6.66. The third kappa shape index (κ3) is 3.44. The number of halogens is 3. The maximum atomic E-state index is 12.7. The summed E-state index contributed by atoms with van der Waals surface area (Å²) in [7, 11) is 0. The Morgan fingerprint density at radius 2 is 2.09 bits per heavy atom. The van der Waals surface area contributed by atoms with Crippen LogP contribution in [0.25, 0.3) is 0 Å². The van der Waals surface area contributed by atoms with E-state index in [2.05, 4.69) is 33.2 Å². The topological polar surface area (TPSA) is 41.0 Å². The second-order valence-electron chi connectivity index (χ2n) is 5.45. The molecular weight excluding hydrogens is 305 g/mol. The molecule has 0 atom stereocenters. The Bertz CT molecular complexity index is 700. The molecule has 1 N–H and O–H groups in total. The van der Waals surface area contributed by atoms with Crippen LogP contribution in [-0.4, -0.2) is 28.0 Å². The predicted octanol–water partition coefficient (Wildman–Crippen LogP) is 3.62. The SMILES string of the molecule is CCN1CCc2c(cccc2Nc2nccc(C(F)(F)F)n2)C1. The summed E-state index contributed by atoms with van der Waals surface area (Å²) >= 11 is 0. The summed E-state index contributed by atoms with van der Waals surface area (Å²) in [6.45, 7) is 4.88. The highest BCUT2D eigenvalue weighted by molar-refractivity contribution is 5.61. The van der Waals surface area contributed by atoms with E-state index < -0.39 is 11.9 Å². The summed E-state index contributed by atoms with van der Waals surface area (Å²) in [4.78, 5) is 9.78. The Kier molecular flexibility index (Phi) is 4.21. The van der Waals surface area contributed by atoms with Crippen LogP contribution in [0.4, 0.5) is 24.8 Å². The number of anilines is 2. The lowest BCUT2D eigenvalue weighted by atomic mass is 9.98. The Labute approximate surface area is 132 Å². The van der Waals surface area contributed by atoms with Crippen LogP contribution in [0, 0.1) is 0 Å². The Hall–Kier alpha value is -2.15. The first kappa shape index (κ1) is 15.7. The van der Waals surface area contributed by atoms with Gasteiger partial charge in [0.15, 0.2) is 0 Å². The average Bonchev–Trinajstić information content (AvgIpc) is 2.54. The molecule has 122 valence electrons. The van der Waals surface area contributed by atoms with Gasteiger partial charge in [-0.1, -0.05) is 19.1 Å². The minimum atomic E-state index is -4.48. The number of likely N-dealkylation sites (N-methyl/N-ethyl adjacent to an activating group) is 1. The van der Waals surface area contributed by atoms with E-state index in [1.54, 1.807) is 0 Å². The van der Waals surface area contributed by atoms with Crippen molar-refractivity contribution in [3.05, 3.63) is 47.3 Å². The van der Waals surface area contributed by atoms with E-state index in [4.69, 9.17) is 0 Å². The molecule has 0 saturated carbocycles. The van der Waals surface area contributed by atoms with Gasteiger partial charge in [0.1, 0.15) is 5.69 Å². The van der Waals surface area contributed by atoms with Gasteiger partial charge < -0.3 is 5.32 Å². The van der Waals surface area contributed by atoms with Gasteiger partial charge in [0, 0.05) is 25.0 Å². The number of alkyl halides is 3. The molecular formula is C16H17F3N4. The van der Waals surface area contributed by atoms with E-state index >= 15 is 0 Å². The van der Waals surface area contributed by atoms with Crippen LogP contribution in [0.1, 0.15) is 23.7 Å². The first-order chi connectivity index (χ1) is 11.0. The number of hydrogen-bond donors (Lipinski definition) is 1. The monoisotopic (exact) mass is 322 g/mol. The summed E-state index contributed by atoms with van der Waals surface area (Å²) in [5.41, 5.74) is 2.14. The Balaban J connectivity index is 1.87. The van der Waals surface area contributed by atoms with Gasteiger partial charge in [-0.15, -0.1) is 0 Å². The average molecular weight is 322 g/mol. The van der Waals surface area contributed by atoms with Crippen LogP contribution in [0.5, 0.6) is 0 Å². The third-order valence-electron chi connectivity index (χ3n) is 3.98. The molecule has 0 fully saturated rings. The van der Waals surface area contributed by atoms with E-state index in [0.717, 1.165) is 49.6 Å². The molecule has 0 unspecified atom stereocenters. The maximum Gasteiger partial charge on any atom is 0.433 e. The molecule has 0 saturated heterocycles. The molecule has 0 aliphatic carbocycles. The van der Waals surface area contributed by atoms with Gasteiger partial charge >= 0.3 is 6.18 Å². The van der Waals surface area contributed by atoms with Crippen LogP contribution in [0.2, 0.25) is 0 Å². The molecule has 0 amide bonds. The fraction of sp³-hybridized carbons (Fsp3) is 0.375. The zero-order valence-electron chi connectivity index (χ0n) is 12.7. The van der Waals surface area contributed by atoms with Crippen molar-refractivity contribution < 1.29 is 13.2 Å². The van der Waals surface area contributed by atoms with Crippen molar-refractivity contribution in [2.24, 2.45) is 0 Å². The van der Waals surface area contributed by atoms with Crippen LogP contribution in [0.15, 0.2) is 30.5 Å². The smallest absolute Gasteiger partial charge is 0.324 e. The molecule has 2 heterocycles. The minimum absolute atomic E-state index is 0.0360. The number of hydrogen-bond acceptors (Lipinski definition) is 4. The Morgan fingerprint density at radius 1 is 1.26 bits per heavy atom. The summed E-state index contributed by atoms with van der Waals surface area (Å²) in [6.07, 6.45) is -2.51.